The van der Waals surface area contributed by atoms with Gasteiger partial charge in [-0.25, -0.2) is 13.4 Å². The Labute approximate surface area is 196 Å². The minimum atomic E-state index is -3.35. The minimum absolute atomic E-state index is 0.0385. The van der Waals surface area contributed by atoms with E-state index in [0.29, 0.717) is 53.3 Å². The molecule has 1 atom stereocenters. The summed E-state index contributed by atoms with van der Waals surface area (Å²) in [7, 11) is -3.35. The smallest absolute Gasteiger partial charge is 0.257 e. The van der Waals surface area contributed by atoms with Crippen molar-refractivity contribution in [1.29, 1.82) is 5.26 Å². The fourth-order valence-electron chi connectivity index (χ4n) is 4.32. The first-order valence-electron chi connectivity index (χ1n) is 11.1. The molecule has 1 aromatic heterocycles. The second-order valence-electron chi connectivity index (χ2n) is 9.00. The number of rotatable bonds is 7. The molecule has 1 N–H and O–H groups in total. The molecule has 0 saturated heterocycles. The third-order valence-electron chi connectivity index (χ3n) is 6.38. The Hall–Kier alpha value is -2.83. The van der Waals surface area contributed by atoms with Crippen LogP contribution in [0.3, 0.4) is 0 Å². The van der Waals surface area contributed by atoms with E-state index in [9.17, 15) is 18.0 Å². The van der Waals surface area contributed by atoms with Gasteiger partial charge in [-0.15, -0.1) is 11.3 Å². The van der Waals surface area contributed by atoms with Crippen molar-refractivity contribution in [2.75, 3.05) is 5.32 Å². The molecule has 7 nitrogen and oxygen atoms in total. The molecule has 3 saturated carbocycles. The summed E-state index contributed by atoms with van der Waals surface area (Å²) in [6.07, 6.45) is 6.71. The second kappa shape index (κ2) is 8.50. The van der Waals surface area contributed by atoms with Crippen molar-refractivity contribution >= 4 is 43.6 Å². The van der Waals surface area contributed by atoms with Crippen LogP contribution in [0.1, 0.15) is 67.7 Å². The van der Waals surface area contributed by atoms with Crippen molar-refractivity contribution in [3.63, 3.8) is 0 Å². The van der Waals surface area contributed by atoms with Gasteiger partial charge in [-0.3, -0.25) is 14.9 Å². The SMILES string of the molecule is N#Cc1csc(NC(=O)/C(=C/[C@H]2CCC(=O)C2)c2ccc(S(=O)(=O)C3CC3)c(C3CC3)c2)n1. The number of nitrogens with one attached hydrogen (secondary N) is 1. The van der Waals surface area contributed by atoms with Gasteiger partial charge in [-0.2, -0.15) is 5.26 Å². The van der Waals surface area contributed by atoms with Gasteiger partial charge < -0.3 is 0 Å². The van der Waals surface area contributed by atoms with E-state index in [2.05, 4.69) is 10.3 Å². The number of ketones is 1. The van der Waals surface area contributed by atoms with Crippen LogP contribution in [0.5, 0.6) is 0 Å². The number of hydrogen-bond acceptors (Lipinski definition) is 7. The first-order chi connectivity index (χ1) is 15.8. The topological polar surface area (TPSA) is 117 Å². The average molecular weight is 482 g/mol. The highest BCUT2D eigenvalue weighted by Crippen LogP contribution is 2.46. The summed E-state index contributed by atoms with van der Waals surface area (Å²) >= 11 is 1.17. The number of benzene rings is 1. The third-order valence-corrected chi connectivity index (χ3v) is 9.47. The van der Waals surface area contributed by atoms with E-state index in [1.807, 2.05) is 18.2 Å². The first kappa shape index (κ1) is 22.0. The number of aromatic nitrogens is 1. The van der Waals surface area contributed by atoms with Crippen LogP contribution in [-0.2, 0) is 19.4 Å². The highest BCUT2D eigenvalue weighted by atomic mass is 32.2. The molecule has 5 rings (SSSR count). The van der Waals surface area contributed by atoms with Crippen molar-refractivity contribution in [2.45, 2.75) is 61.0 Å². The first-order valence-corrected chi connectivity index (χ1v) is 13.6. The van der Waals surface area contributed by atoms with E-state index >= 15 is 0 Å². The normalized spacial score (nSPS) is 21.1. The van der Waals surface area contributed by atoms with Crippen LogP contribution in [0.2, 0.25) is 0 Å². The Balaban J connectivity index is 1.52. The standard InChI is InChI=1S/C24H23N3O4S2/c25-12-17-13-32-24(26-17)27-23(29)21(10-14-1-5-18(28)9-14)16-4-8-22(20(11-16)15-2-3-15)33(30,31)19-6-7-19/h4,8,10-11,13-15,19H,1-3,5-7,9H2,(H,26,27,29)/b21-10+/t14-/m0/s1. The molecule has 3 aliphatic rings. The van der Waals surface area contributed by atoms with Gasteiger partial charge in [0.1, 0.15) is 11.9 Å². The van der Waals surface area contributed by atoms with Crippen molar-refractivity contribution in [2.24, 2.45) is 5.92 Å². The summed E-state index contributed by atoms with van der Waals surface area (Å²) in [6.45, 7) is 0. The second-order valence-corrected chi connectivity index (χ2v) is 12.1. The Morgan fingerprint density at radius 1 is 1.21 bits per heavy atom. The predicted octanol–water partition coefficient (Wildman–Crippen LogP) is 4.22. The number of nitriles is 1. The largest absolute Gasteiger partial charge is 0.300 e. The fourth-order valence-corrected chi connectivity index (χ4v) is 6.88. The molecule has 0 aliphatic heterocycles. The van der Waals surface area contributed by atoms with E-state index in [-0.39, 0.29) is 34.5 Å². The van der Waals surface area contributed by atoms with Gasteiger partial charge in [0.05, 0.1) is 10.1 Å². The van der Waals surface area contributed by atoms with Gasteiger partial charge in [0.15, 0.2) is 20.7 Å². The van der Waals surface area contributed by atoms with Crippen molar-refractivity contribution in [1.82, 2.24) is 4.98 Å². The summed E-state index contributed by atoms with van der Waals surface area (Å²) < 4.78 is 26.0. The Morgan fingerprint density at radius 2 is 2.00 bits per heavy atom. The molecule has 1 heterocycles. The number of Topliss-reactive ketones (excluding diaryl/α,β-unsaturated/α-hetero) is 1. The molecule has 0 bridgehead atoms. The van der Waals surface area contributed by atoms with Crippen LogP contribution in [0, 0.1) is 17.2 Å². The highest BCUT2D eigenvalue weighted by molar-refractivity contribution is 7.92. The number of sulfone groups is 1. The molecule has 9 heteroatoms. The van der Waals surface area contributed by atoms with Crippen molar-refractivity contribution in [3.8, 4) is 6.07 Å². The molecular weight excluding hydrogens is 458 g/mol. The molecule has 170 valence electrons. The van der Waals surface area contributed by atoms with Crippen molar-refractivity contribution in [3.05, 3.63) is 46.5 Å². The number of amides is 1. The number of carbonyl (C=O) groups is 2. The Bertz CT molecular complexity index is 1310. The number of hydrogen-bond donors (Lipinski definition) is 1. The molecule has 0 radical (unpaired) electrons. The van der Waals surface area contributed by atoms with E-state index in [1.54, 1.807) is 17.5 Å². The lowest BCUT2D eigenvalue weighted by Crippen LogP contribution is -2.16. The molecule has 0 unspecified atom stereocenters. The number of anilines is 1. The highest BCUT2D eigenvalue weighted by Gasteiger charge is 2.40. The van der Waals surface area contributed by atoms with Gasteiger partial charge in [-0.1, -0.05) is 12.1 Å². The zero-order valence-corrected chi connectivity index (χ0v) is 19.5. The minimum Gasteiger partial charge on any atom is -0.300 e. The van der Waals surface area contributed by atoms with Crippen molar-refractivity contribution < 1.29 is 18.0 Å². The van der Waals surface area contributed by atoms with E-state index in [0.717, 1.165) is 18.4 Å². The molecule has 0 spiro atoms. The average Bonchev–Trinajstić information content (AvgIpc) is 3.72. The maximum atomic E-state index is 13.3. The van der Waals surface area contributed by atoms with Gasteiger partial charge in [-0.05, 0) is 67.2 Å². The Kier molecular flexibility index (Phi) is 5.67. The van der Waals surface area contributed by atoms with E-state index < -0.39 is 9.84 Å². The quantitative estimate of drug-likeness (QED) is 0.592. The molecular formula is C24H23N3O4S2. The summed E-state index contributed by atoms with van der Waals surface area (Å²) in [5, 5.41) is 13.4. The van der Waals surface area contributed by atoms with Gasteiger partial charge in [0.2, 0.25) is 0 Å². The third kappa shape index (κ3) is 4.63. The van der Waals surface area contributed by atoms with Crippen LogP contribution in [0.4, 0.5) is 5.13 Å². The van der Waals surface area contributed by atoms with Crippen LogP contribution in [-0.4, -0.2) is 30.3 Å². The van der Waals surface area contributed by atoms with Crippen LogP contribution < -0.4 is 5.32 Å². The number of allylic oxidation sites excluding steroid dienone is 1. The zero-order valence-electron chi connectivity index (χ0n) is 17.9. The lowest BCUT2D eigenvalue weighted by atomic mass is 9.96. The molecule has 2 aromatic rings. The van der Waals surface area contributed by atoms with Crippen LogP contribution in [0.25, 0.3) is 5.57 Å². The number of carbonyl (C=O) groups excluding carboxylic acids is 2. The molecule has 33 heavy (non-hydrogen) atoms. The fraction of sp³-hybridized carbons (Fsp3) is 0.417. The summed E-state index contributed by atoms with van der Waals surface area (Å²) in [5.74, 6) is -0.0432. The van der Waals surface area contributed by atoms with Crippen LogP contribution in [0.15, 0.2) is 34.6 Å². The predicted molar refractivity (Wildman–Crippen MR) is 124 cm³/mol. The maximum Gasteiger partial charge on any atom is 0.257 e. The summed E-state index contributed by atoms with van der Waals surface area (Å²) in [4.78, 5) is 29.6. The van der Waals surface area contributed by atoms with Gasteiger partial charge in [0.25, 0.3) is 5.91 Å². The summed E-state index contributed by atoms with van der Waals surface area (Å²) in [5.41, 5.74) is 2.07. The molecule has 1 aromatic carbocycles. The monoisotopic (exact) mass is 481 g/mol. The molecule has 1 amide bonds. The van der Waals surface area contributed by atoms with Gasteiger partial charge >= 0.3 is 0 Å². The maximum absolute atomic E-state index is 13.3. The Morgan fingerprint density at radius 3 is 2.61 bits per heavy atom. The number of nitrogens with zero attached hydrogens (tertiary/aromatic N) is 2. The molecule has 3 aliphatic carbocycles. The summed E-state index contributed by atoms with van der Waals surface area (Å²) in [6, 6.07) is 7.14. The van der Waals surface area contributed by atoms with Crippen LogP contribution >= 0.6 is 11.3 Å². The number of thiazole rings is 1. The zero-order chi connectivity index (χ0) is 23.2. The van der Waals surface area contributed by atoms with E-state index in [1.165, 1.54) is 11.3 Å². The lowest BCUT2D eigenvalue weighted by molar-refractivity contribution is -0.117. The van der Waals surface area contributed by atoms with Gasteiger partial charge in [0, 0.05) is 23.8 Å². The lowest BCUT2D eigenvalue weighted by Gasteiger charge is -2.15. The molecule has 3 fully saturated rings. The van der Waals surface area contributed by atoms with E-state index in [4.69, 9.17) is 5.26 Å².